The smallest absolute Gasteiger partial charge is 0.155 e. The van der Waals surface area contributed by atoms with Gasteiger partial charge in [-0.05, 0) is 56.7 Å². The quantitative estimate of drug-likeness (QED) is 0.287. The predicted molar refractivity (Wildman–Crippen MR) is 123 cm³/mol. The van der Waals surface area contributed by atoms with Gasteiger partial charge in [0, 0.05) is 16.6 Å². The summed E-state index contributed by atoms with van der Waals surface area (Å²) in [6.45, 7) is 7.25. The van der Waals surface area contributed by atoms with E-state index in [1.165, 1.54) is 34.6 Å². The monoisotopic (exact) mass is 404 g/mol. The molecule has 0 N–H and O–H groups in total. The molecule has 0 saturated heterocycles. The number of nitrogens with zero attached hydrogens (tertiary/aromatic N) is 2. The van der Waals surface area contributed by atoms with Crippen LogP contribution in [-0.4, -0.2) is 16.2 Å². The van der Waals surface area contributed by atoms with E-state index in [1.807, 2.05) is 6.07 Å². The Balaban J connectivity index is 1.74. The van der Waals surface area contributed by atoms with Gasteiger partial charge in [-0.25, -0.2) is 4.98 Å². The van der Waals surface area contributed by atoms with Crippen molar-refractivity contribution in [3.63, 3.8) is 0 Å². The Bertz CT molecular complexity index is 1090. The number of imidazole rings is 1. The molecule has 4 heteroatoms. The number of aryl methyl sites for hydroxylation is 2. The fourth-order valence-corrected chi connectivity index (χ4v) is 4.39. The van der Waals surface area contributed by atoms with Crippen molar-refractivity contribution < 1.29 is 4.74 Å². The first-order valence-electron chi connectivity index (χ1n) is 10.4. The molecule has 0 fully saturated rings. The summed E-state index contributed by atoms with van der Waals surface area (Å²) in [5.41, 5.74) is 4.45. The summed E-state index contributed by atoms with van der Waals surface area (Å²) in [7, 11) is 0. The Kier molecular flexibility index (Phi) is 6.00. The van der Waals surface area contributed by atoms with E-state index in [0.717, 1.165) is 41.3 Å². The molecule has 0 amide bonds. The second-order valence-corrected chi connectivity index (χ2v) is 8.86. The fourth-order valence-electron chi connectivity index (χ4n) is 3.54. The highest BCUT2D eigenvalue weighted by Crippen LogP contribution is 2.34. The molecule has 3 nitrogen and oxygen atoms in total. The average molecular weight is 405 g/mol. The molecule has 4 aromatic rings. The maximum atomic E-state index is 6.05. The van der Waals surface area contributed by atoms with Gasteiger partial charge in [0.1, 0.15) is 5.75 Å². The summed E-state index contributed by atoms with van der Waals surface area (Å²) >= 11 is 1.78. The zero-order valence-electron chi connectivity index (χ0n) is 17.4. The number of aromatic nitrogens is 2. The number of unbranched alkanes of at least 4 members (excludes halogenated alkanes) is 3. The third-order valence-corrected chi connectivity index (χ3v) is 6.14. The lowest BCUT2D eigenvalue weighted by molar-refractivity contribution is 0.305. The Labute approximate surface area is 177 Å². The van der Waals surface area contributed by atoms with E-state index in [9.17, 15) is 0 Å². The van der Waals surface area contributed by atoms with Gasteiger partial charge in [0.25, 0.3) is 0 Å². The first kappa shape index (κ1) is 19.7. The number of ether oxygens (including phenoxy) is 1. The summed E-state index contributed by atoms with van der Waals surface area (Å²) in [5.74, 6) is 1.90. The van der Waals surface area contributed by atoms with Gasteiger partial charge in [0.2, 0.25) is 0 Å². The molecule has 0 spiro atoms. The van der Waals surface area contributed by atoms with Crippen molar-refractivity contribution in [2.75, 3.05) is 6.61 Å². The van der Waals surface area contributed by atoms with Crippen molar-refractivity contribution in [2.45, 2.75) is 46.5 Å². The predicted octanol–water partition coefficient (Wildman–Crippen LogP) is 7.33. The summed E-state index contributed by atoms with van der Waals surface area (Å²) in [6, 6.07) is 19.2. The first-order chi connectivity index (χ1) is 14.2. The van der Waals surface area contributed by atoms with E-state index in [4.69, 9.17) is 9.72 Å². The zero-order valence-corrected chi connectivity index (χ0v) is 18.3. The van der Waals surface area contributed by atoms with E-state index in [-0.39, 0.29) is 0 Å². The summed E-state index contributed by atoms with van der Waals surface area (Å²) in [6.07, 6.45) is 4.84. The molecule has 0 atom stereocenters. The number of thiophene rings is 1. The van der Waals surface area contributed by atoms with Gasteiger partial charge in [-0.2, -0.15) is 0 Å². The third-order valence-electron chi connectivity index (χ3n) is 5.15. The molecule has 2 aromatic carbocycles. The number of hydrogen-bond donors (Lipinski definition) is 0. The highest BCUT2D eigenvalue weighted by molar-refractivity contribution is 7.15. The highest BCUT2D eigenvalue weighted by Gasteiger charge is 2.16. The van der Waals surface area contributed by atoms with Crippen molar-refractivity contribution in [1.82, 2.24) is 9.55 Å². The molecule has 2 aromatic heterocycles. The van der Waals surface area contributed by atoms with E-state index < -0.39 is 0 Å². The molecule has 0 unspecified atom stereocenters. The number of benzene rings is 2. The van der Waals surface area contributed by atoms with Crippen molar-refractivity contribution in [2.24, 2.45) is 0 Å². The van der Waals surface area contributed by atoms with E-state index >= 15 is 0 Å². The van der Waals surface area contributed by atoms with E-state index in [1.54, 1.807) is 11.3 Å². The van der Waals surface area contributed by atoms with Gasteiger partial charge in [-0.15, -0.1) is 11.3 Å². The molecule has 150 valence electrons. The molecule has 4 rings (SSSR count). The van der Waals surface area contributed by atoms with Crippen LogP contribution in [0.2, 0.25) is 0 Å². The van der Waals surface area contributed by atoms with Crippen LogP contribution >= 0.6 is 11.3 Å². The van der Waals surface area contributed by atoms with Crippen molar-refractivity contribution in [1.29, 1.82) is 0 Å². The minimum atomic E-state index is 0.765. The third kappa shape index (κ3) is 4.38. The van der Waals surface area contributed by atoms with Crippen LogP contribution in [0.15, 0.2) is 54.6 Å². The van der Waals surface area contributed by atoms with Crippen LogP contribution in [0.5, 0.6) is 5.75 Å². The van der Waals surface area contributed by atoms with Crippen LogP contribution in [0.4, 0.5) is 0 Å². The number of rotatable bonds is 8. The lowest BCUT2D eigenvalue weighted by Gasteiger charge is -2.10. The Morgan fingerprint density at radius 1 is 0.931 bits per heavy atom. The molecule has 2 heterocycles. The van der Waals surface area contributed by atoms with Gasteiger partial charge < -0.3 is 4.74 Å². The van der Waals surface area contributed by atoms with Gasteiger partial charge in [0.05, 0.1) is 22.5 Å². The summed E-state index contributed by atoms with van der Waals surface area (Å²) in [4.78, 5) is 7.45. The first-order valence-corrected chi connectivity index (χ1v) is 11.3. The SMILES string of the molecule is CCCCCCOc1ccc2nc(-c3ccc(C)s3)n(-c3ccc(C)cc3)c2c1. The Morgan fingerprint density at radius 3 is 2.48 bits per heavy atom. The zero-order chi connectivity index (χ0) is 20.2. The highest BCUT2D eigenvalue weighted by atomic mass is 32.1. The van der Waals surface area contributed by atoms with Crippen molar-refractivity contribution in [3.8, 4) is 22.1 Å². The molecule has 0 aliphatic rings. The van der Waals surface area contributed by atoms with Crippen LogP contribution < -0.4 is 4.74 Å². The van der Waals surface area contributed by atoms with Crippen LogP contribution in [-0.2, 0) is 0 Å². The summed E-state index contributed by atoms with van der Waals surface area (Å²) in [5, 5.41) is 0. The normalized spacial score (nSPS) is 11.3. The molecule has 0 saturated carbocycles. The lowest BCUT2D eigenvalue weighted by atomic mass is 10.2. The maximum absolute atomic E-state index is 6.05. The minimum absolute atomic E-state index is 0.765. The van der Waals surface area contributed by atoms with Gasteiger partial charge in [0.15, 0.2) is 5.82 Å². The van der Waals surface area contributed by atoms with E-state index in [2.05, 4.69) is 73.9 Å². The average Bonchev–Trinajstić information content (AvgIpc) is 3.32. The largest absolute Gasteiger partial charge is 0.494 e. The van der Waals surface area contributed by atoms with Crippen LogP contribution in [0, 0.1) is 13.8 Å². The molecule has 0 radical (unpaired) electrons. The number of fused-ring (bicyclic) bond motifs is 1. The topological polar surface area (TPSA) is 27.1 Å². The molecule has 0 aliphatic heterocycles. The standard InChI is InChI=1S/C25H28N2OS/c1-4-5-6-7-16-28-21-13-14-22-23(17-21)27(20-11-8-18(2)9-12-20)25(26-22)24-15-10-19(3)29-24/h8-15,17H,4-7,16H2,1-3H3. The molecular weight excluding hydrogens is 376 g/mol. The van der Waals surface area contributed by atoms with Gasteiger partial charge in [-0.1, -0.05) is 43.9 Å². The minimum Gasteiger partial charge on any atom is -0.494 e. The fraction of sp³-hybridized carbons (Fsp3) is 0.320. The molecule has 29 heavy (non-hydrogen) atoms. The van der Waals surface area contributed by atoms with Crippen LogP contribution in [0.1, 0.15) is 43.0 Å². The number of hydrogen-bond acceptors (Lipinski definition) is 3. The lowest BCUT2D eigenvalue weighted by Crippen LogP contribution is -1.99. The maximum Gasteiger partial charge on any atom is 0.155 e. The van der Waals surface area contributed by atoms with Crippen molar-refractivity contribution >= 4 is 22.4 Å². The Hall–Kier alpha value is -2.59. The molecule has 0 aliphatic carbocycles. The second-order valence-electron chi connectivity index (χ2n) is 7.58. The van der Waals surface area contributed by atoms with Crippen molar-refractivity contribution in [3.05, 3.63) is 65.0 Å². The molecular formula is C25H28N2OS. The summed E-state index contributed by atoms with van der Waals surface area (Å²) < 4.78 is 8.31. The van der Waals surface area contributed by atoms with Gasteiger partial charge in [-0.3, -0.25) is 4.57 Å². The Morgan fingerprint density at radius 2 is 1.76 bits per heavy atom. The van der Waals surface area contributed by atoms with Gasteiger partial charge >= 0.3 is 0 Å². The van der Waals surface area contributed by atoms with Crippen LogP contribution in [0.3, 0.4) is 0 Å². The van der Waals surface area contributed by atoms with Crippen LogP contribution in [0.25, 0.3) is 27.4 Å². The molecule has 0 bridgehead atoms. The van der Waals surface area contributed by atoms with E-state index in [0.29, 0.717) is 0 Å². The second kappa shape index (κ2) is 8.83.